The fraction of sp³-hybridized carbons (Fsp3) is 0.846. The van der Waals surface area contributed by atoms with Crippen LogP contribution in [0.1, 0.15) is 45.4 Å². The lowest BCUT2D eigenvalue weighted by atomic mass is 9.40. The van der Waals surface area contributed by atoms with Crippen molar-refractivity contribution >= 4 is 0 Å². The van der Waals surface area contributed by atoms with Crippen molar-refractivity contribution in [3.8, 4) is 6.07 Å². The maximum Gasteiger partial charge on any atom is 0.0690 e. The Hall–Kier alpha value is -0.550. The Balaban J connectivity index is 2.04. The minimum Gasteiger partial charge on any atom is -0.396 e. The van der Waals surface area contributed by atoms with E-state index in [0.29, 0.717) is 5.41 Å². The van der Waals surface area contributed by atoms with Gasteiger partial charge in [0.1, 0.15) is 0 Å². The second-order valence-electron chi connectivity index (χ2n) is 6.67. The minimum absolute atomic E-state index is 0.0641. The Morgan fingerprint density at radius 2 is 2.07 bits per heavy atom. The van der Waals surface area contributed by atoms with E-state index in [-0.39, 0.29) is 17.4 Å². The second-order valence-corrected chi connectivity index (χ2v) is 6.67. The molecule has 0 spiro atoms. The number of aliphatic hydroxyl groups is 1. The van der Waals surface area contributed by atoms with Gasteiger partial charge in [0.05, 0.1) is 11.5 Å². The van der Waals surface area contributed by atoms with E-state index in [1.807, 2.05) is 0 Å². The zero-order valence-corrected chi connectivity index (χ0v) is 9.34. The summed E-state index contributed by atoms with van der Waals surface area (Å²) in [6.07, 6.45) is 6.43. The fourth-order valence-electron chi connectivity index (χ4n) is 5.09. The van der Waals surface area contributed by atoms with Crippen molar-refractivity contribution in [2.75, 3.05) is 6.61 Å². The van der Waals surface area contributed by atoms with Crippen molar-refractivity contribution in [3.05, 3.63) is 5.92 Å². The van der Waals surface area contributed by atoms with E-state index in [4.69, 9.17) is 0 Å². The number of hydrogen-bond donors (Lipinski definition) is 1. The molecule has 3 atom stereocenters. The van der Waals surface area contributed by atoms with Gasteiger partial charge >= 0.3 is 0 Å². The van der Waals surface area contributed by atoms with Gasteiger partial charge in [-0.3, -0.25) is 0 Å². The minimum atomic E-state index is -0.123. The van der Waals surface area contributed by atoms with Gasteiger partial charge in [0.25, 0.3) is 0 Å². The summed E-state index contributed by atoms with van der Waals surface area (Å²) in [7, 11) is 0. The van der Waals surface area contributed by atoms with Gasteiger partial charge in [-0.05, 0) is 55.3 Å². The molecule has 1 N–H and O–H groups in total. The average molecular weight is 204 g/mol. The topological polar surface area (TPSA) is 44.0 Å². The summed E-state index contributed by atoms with van der Waals surface area (Å²) in [5.41, 5.74) is 0.249. The van der Waals surface area contributed by atoms with Gasteiger partial charge in [-0.1, -0.05) is 6.92 Å². The molecule has 4 bridgehead atoms. The number of hydrogen-bond acceptors (Lipinski definition) is 2. The monoisotopic (exact) mass is 204 g/mol. The van der Waals surface area contributed by atoms with E-state index < -0.39 is 0 Å². The van der Waals surface area contributed by atoms with Gasteiger partial charge in [-0.2, -0.15) is 5.26 Å². The molecule has 15 heavy (non-hydrogen) atoms. The van der Waals surface area contributed by atoms with Crippen LogP contribution in [-0.4, -0.2) is 11.7 Å². The van der Waals surface area contributed by atoms with E-state index in [9.17, 15) is 10.4 Å². The Bertz CT molecular complexity index is 347. The predicted molar refractivity (Wildman–Crippen MR) is 56.6 cm³/mol. The van der Waals surface area contributed by atoms with Crippen LogP contribution in [0.5, 0.6) is 0 Å². The quantitative estimate of drug-likeness (QED) is 0.713. The lowest BCUT2D eigenvalue weighted by molar-refractivity contribution is -0.101. The van der Waals surface area contributed by atoms with Gasteiger partial charge in [0, 0.05) is 6.61 Å². The molecule has 1 radical (unpaired) electrons. The molecule has 0 saturated heterocycles. The summed E-state index contributed by atoms with van der Waals surface area (Å²) in [6, 6.07) is 2.56. The van der Waals surface area contributed by atoms with Gasteiger partial charge in [-0.15, -0.1) is 0 Å². The highest BCUT2D eigenvalue weighted by Crippen LogP contribution is 2.69. The normalized spacial score (nSPS) is 53.1. The number of rotatable bonds is 1. The predicted octanol–water partition coefficient (Wildman–Crippen LogP) is 2.44. The molecule has 2 nitrogen and oxygen atoms in total. The maximum absolute atomic E-state index is 9.63. The molecule has 2 heteroatoms. The summed E-state index contributed by atoms with van der Waals surface area (Å²) in [6.45, 7) is 2.58. The third-order valence-corrected chi connectivity index (χ3v) is 4.74. The van der Waals surface area contributed by atoms with Crippen LogP contribution in [0.25, 0.3) is 0 Å². The molecule has 4 saturated carbocycles. The molecular weight excluding hydrogens is 186 g/mol. The third kappa shape index (κ3) is 1.19. The number of nitrogens with zero attached hydrogens (tertiary/aromatic N) is 1. The second kappa shape index (κ2) is 2.58. The summed E-state index contributed by atoms with van der Waals surface area (Å²) in [5.74, 6) is 1.55. The van der Waals surface area contributed by atoms with Crippen molar-refractivity contribution in [2.45, 2.75) is 45.4 Å². The van der Waals surface area contributed by atoms with Crippen molar-refractivity contribution in [3.63, 3.8) is 0 Å². The molecule has 0 aromatic rings. The number of aliphatic hydroxyl groups excluding tert-OH is 1. The standard InChI is InChI=1S/C13H18NO/c1-11-2-10-3-12(5-11,8-14)7-13(4-10,6-11)9-15/h15H,2-7,9H2,1H3. The van der Waals surface area contributed by atoms with Gasteiger partial charge in [0.15, 0.2) is 0 Å². The molecule has 81 valence electrons. The smallest absolute Gasteiger partial charge is 0.0690 e. The van der Waals surface area contributed by atoms with Gasteiger partial charge < -0.3 is 5.11 Å². The molecule has 4 aliphatic carbocycles. The molecule has 4 aliphatic rings. The zero-order chi connectivity index (χ0) is 10.7. The highest BCUT2D eigenvalue weighted by atomic mass is 16.3. The van der Waals surface area contributed by atoms with Crippen molar-refractivity contribution < 1.29 is 5.11 Å². The first-order valence-corrected chi connectivity index (χ1v) is 5.89. The summed E-state index contributed by atoms with van der Waals surface area (Å²) in [5, 5.41) is 19.0. The fourth-order valence-corrected chi connectivity index (χ4v) is 5.09. The van der Waals surface area contributed by atoms with Gasteiger partial charge in [-0.25, -0.2) is 0 Å². The Morgan fingerprint density at radius 1 is 1.27 bits per heavy atom. The maximum atomic E-state index is 9.63. The van der Waals surface area contributed by atoms with E-state index in [2.05, 4.69) is 13.0 Å². The summed E-state index contributed by atoms with van der Waals surface area (Å²) in [4.78, 5) is 0. The molecule has 3 unspecified atom stereocenters. The molecule has 0 aromatic carbocycles. The Kier molecular flexibility index (Phi) is 1.66. The van der Waals surface area contributed by atoms with Crippen LogP contribution in [0.3, 0.4) is 0 Å². The van der Waals surface area contributed by atoms with E-state index >= 15 is 0 Å². The van der Waals surface area contributed by atoms with Crippen LogP contribution in [0.15, 0.2) is 0 Å². The molecule has 4 fully saturated rings. The molecule has 0 aliphatic heterocycles. The summed E-state index contributed by atoms with van der Waals surface area (Å²) < 4.78 is 0. The Labute approximate surface area is 91.3 Å². The van der Waals surface area contributed by atoms with Gasteiger partial charge in [0.2, 0.25) is 0 Å². The first kappa shape index (κ1) is 9.66. The van der Waals surface area contributed by atoms with E-state index in [1.54, 1.807) is 5.92 Å². The van der Waals surface area contributed by atoms with Crippen LogP contribution >= 0.6 is 0 Å². The molecule has 0 amide bonds. The zero-order valence-electron chi connectivity index (χ0n) is 9.34. The van der Waals surface area contributed by atoms with Crippen molar-refractivity contribution in [1.82, 2.24) is 0 Å². The first-order valence-electron chi connectivity index (χ1n) is 5.89. The average Bonchev–Trinajstić information content (AvgIpc) is 2.14. The molecule has 0 heterocycles. The lowest BCUT2D eigenvalue weighted by Gasteiger charge is -2.63. The third-order valence-electron chi connectivity index (χ3n) is 4.74. The van der Waals surface area contributed by atoms with Crippen LogP contribution in [-0.2, 0) is 0 Å². The van der Waals surface area contributed by atoms with E-state index in [0.717, 1.165) is 32.1 Å². The highest BCUT2D eigenvalue weighted by molar-refractivity contribution is 5.26. The van der Waals surface area contributed by atoms with Crippen molar-refractivity contribution in [1.29, 1.82) is 5.26 Å². The van der Waals surface area contributed by atoms with Crippen LogP contribution < -0.4 is 0 Å². The van der Waals surface area contributed by atoms with Crippen molar-refractivity contribution in [2.24, 2.45) is 16.2 Å². The van der Waals surface area contributed by atoms with Crippen LogP contribution in [0.2, 0.25) is 0 Å². The lowest BCUT2D eigenvalue weighted by Crippen LogP contribution is -2.56. The summed E-state index contributed by atoms with van der Waals surface area (Å²) >= 11 is 0. The SMILES string of the molecule is CC12C[C]3CC(C#N)(C1)CC(CO)(C3)C2. The molecule has 4 rings (SSSR count). The molecule has 0 aromatic heterocycles. The molecular formula is C13H18NO. The van der Waals surface area contributed by atoms with E-state index in [1.165, 1.54) is 6.42 Å². The number of nitriles is 1. The highest BCUT2D eigenvalue weighted by Gasteiger charge is 2.62. The Morgan fingerprint density at radius 3 is 2.67 bits per heavy atom. The van der Waals surface area contributed by atoms with Crippen LogP contribution in [0, 0.1) is 33.5 Å². The van der Waals surface area contributed by atoms with Crippen LogP contribution in [0.4, 0.5) is 0 Å². The largest absolute Gasteiger partial charge is 0.396 e. The first-order chi connectivity index (χ1) is 7.03.